The highest BCUT2D eigenvalue weighted by molar-refractivity contribution is 6.32. The average Bonchev–Trinajstić information content (AvgIpc) is 2.68. The summed E-state index contributed by atoms with van der Waals surface area (Å²) in [5.41, 5.74) is 0.941. The lowest BCUT2D eigenvalue weighted by atomic mass is 10.1. The number of carbonyl (C=O) groups excluding carboxylic acids is 1. The molecule has 2 rings (SSSR count). The second-order valence-corrected chi connectivity index (χ2v) is 6.23. The monoisotopic (exact) mass is 407 g/mol. The van der Waals surface area contributed by atoms with Crippen LogP contribution in [-0.2, 0) is 0 Å². The smallest absolute Gasteiger partial charge is 0.255 e. The highest BCUT2D eigenvalue weighted by atomic mass is 35.5. The van der Waals surface area contributed by atoms with E-state index in [9.17, 15) is 4.79 Å². The molecule has 0 heterocycles. The van der Waals surface area contributed by atoms with E-state index in [0.29, 0.717) is 59.1 Å². The van der Waals surface area contributed by atoms with Gasteiger partial charge in [0.05, 0.1) is 32.0 Å². The predicted octanol–water partition coefficient (Wildman–Crippen LogP) is 5.19. The number of carbonyl (C=O) groups is 1. The molecule has 0 radical (unpaired) electrons. The molecule has 0 spiro atoms. The summed E-state index contributed by atoms with van der Waals surface area (Å²) < 4.78 is 22.1. The van der Waals surface area contributed by atoms with Crippen LogP contribution in [0.5, 0.6) is 23.0 Å². The minimum Gasteiger partial charge on any atom is -0.493 e. The van der Waals surface area contributed by atoms with Gasteiger partial charge in [-0.1, -0.05) is 18.5 Å². The summed E-state index contributed by atoms with van der Waals surface area (Å²) >= 11 is 6.30. The van der Waals surface area contributed by atoms with Crippen LogP contribution in [0.1, 0.15) is 37.6 Å². The summed E-state index contributed by atoms with van der Waals surface area (Å²) in [4.78, 5) is 12.7. The lowest BCUT2D eigenvalue weighted by Crippen LogP contribution is -2.13. The second kappa shape index (κ2) is 10.7. The molecule has 1 N–H and O–H groups in total. The Kier molecular flexibility index (Phi) is 8.26. The van der Waals surface area contributed by atoms with Crippen molar-refractivity contribution in [1.82, 2.24) is 0 Å². The zero-order valence-electron chi connectivity index (χ0n) is 16.6. The van der Waals surface area contributed by atoms with E-state index in [1.165, 1.54) is 7.11 Å². The molecule has 0 fully saturated rings. The van der Waals surface area contributed by atoms with Crippen LogP contribution < -0.4 is 24.3 Å². The molecule has 0 atom stereocenters. The van der Waals surface area contributed by atoms with Crippen LogP contribution in [0.25, 0.3) is 0 Å². The van der Waals surface area contributed by atoms with Gasteiger partial charge in [0.2, 0.25) is 0 Å². The van der Waals surface area contributed by atoms with Crippen molar-refractivity contribution < 1.29 is 23.7 Å². The molecule has 0 saturated heterocycles. The Labute approximate surface area is 170 Å². The molecule has 0 unspecified atom stereocenters. The number of nitrogens with one attached hydrogen (secondary N) is 1. The van der Waals surface area contributed by atoms with E-state index in [0.717, 1.165) is 6.42 Å². The summed E-state index contributed by atoms with van der Waals surface area (Å²) in [7, 11) is 1.51. The van der Waals surface area contributed by atoms with Crippen molar-refractivity contribution in [2.24, 2.45) is 0 Å². The third-order valence-corrected chi connectivity index (χ3v) is 4.02. The van der Waals surface area contributed by atoms with Gasteiger partial charge in [0, 0.05) is 17.3 Å². The lowest BCUT2D eigenvalue weighted by molar-refractivity contribution is 0.102. The third kappa shape index (κ3) is 5.45. The normalized spacial score (nSPS) is 10.3. The third-order valence-electron chi connectivity index (χ3n) is 3.74. The SMILES string of the molecule is CCCOc1c(Cl)cc(C(=O)Nc2ccc(OCC)c(OCC)c2)cc1OC. The van der Waals surface area contributed by atoms with Crippen molar-refractivity contribution >= 4 is 23.2 Å². The molecular weight excluding hydrogens is 382 g/mol. The fourth-order valence-electron chi connectivity index (χ4n) is 2.53. The lowest BCUT2D eigenvalue weighted by Gasteiger charge is -2.15. The number of halogens is 1. The van der Waals surface area contributed by atoms with Gasteiger partial charge in [0.25, 0.3) is 5.91 Å². The quantitative estimate of drug-likeness (QED) is 0.587. The molecule has 28 heavy (non-hydrogen) atoms. The first-order chi connectivity index (χ1) is 13.5. The summed E-state index contributed by atoms with van der Waals surface area (Å²) in [6.45, 7) is 7.30. The van der Waals surface area contributed by atoms with Crippen molar-refractivity contribution in [2.75, 3.05) is 32.2 Å². The Hall–Kier alpha value is -2.60. The zero-order valence-corrected chi connectivity index (χ0v) is 17.4. The maximum absolute atomic E-state index is 12.7. The fraction of sp³-hybridized carbons (Fsp3) is 0.381. The van der Waals surface area contributed by atoms with Gasteiger partial charge in [-0.15, -0.1) is 0 Å². The Balaban J connectivity index is 2.24. The van der Waals surface area contributed by atoms with Gasteiger partial charge in [0.1, 0.15) is 0 Å². The molecule has 0 aromatic heterocycles. The van der Waals surface area contributed by atoms with Gasteiger partial charge >= 0.3 is 0 Å². The van der Waals surface area contributed by atoms with Crippen LogP contribution in [0.4, 0.5) is 5.69 Å². The zero-order chi connectivity index (χ0) is 20.5. The van der Waals surface area contributed by atoms with Crippen molar-refractivity contribution in [3.05, 3.63) is 40.9 Å². The summed E-state index contributed by atoms with van der Waals surface area (Å²) in [6.07, 6.45) is 0.835. The Bertz CT molecular complexity index is 810. The number of hydrogen-bond acceptors (Lipinski definition) is 5. The second-order valence-electron chi connectivity index (χ2n) is 5.82. The van der Waals surface area contributed by atoms with E-state index in [1.54, 1.807) is 30.3 Å². The van der Waals surface area contributed by atoms with Crippen LogP contribution in [0, 0.1) is 0 Å². The minimum atomic E-state index is -0.325. The van der Waals surface area contributed by atoms with Gasteiger partial charge in [-0.25, -0.2) is 0 Å². The van der Waals surface area contributed by atoms with Crippen LogP contribution in [-0.4, -0.2) is 32.8 Å². The van der Waals surface area contributed by atoms with E-state index in [-0.39, 0.29) is 5.91 Å². The van der Waals surface area contributed by atoms with Crippen molar-refractivity contribution in [3.63, 3.8) is 0 Å². The van der Waals surface area contributed by atoms with Crippen molar-refractivity contribution in [1.29, 1.82) is 0 Å². The van der Waals surface area contributed by atoms with Crippen molar-refractivity contribution in [2.45, 2.75) is 27.2 Å². The van der Waals surface area contributed by atoms with Gasteiger partial charge in [-0.3, -0.25) is 4.79 Å². The van der Waals surface area contributed by atoms with Gasteiger partial charge < -0.3 is 24.3 Å². The summed E-state index contributed by atoms with van der Waals surface area (Å²) in [5.74, 6) is 1.72. The first-order valence-electron chi connectivity index (χ1n) is 9.25. The number of hydrogen-bond donors (Lipinski definition) is 1. The van der Waals surface area contributed by atoms with E-state index in [4.69, 9.17) is 30.5 Å². The fourth-order valence-corrected chi connectivity index (χ4v) is 2.79. The Morgan fingerprint density at radius 3 is 2.32 bits per heavy atom. The highest BCUT2D eigenvalue weighted by Crippen LogP contribution is 2.37. The molecule has 1 amide bonds. The molecule has 7 heteroatoms. The molecule has 2 aromatic rings. The molecule has 0 bridgehead atoms. The largest absolute Gasteiger partial charge is 0.493 e. The molecule has 6 nitrogen and oxygen atoms in total. The minimum absolute atomic E-state index is 0.319. The van der Waals surface area contributed by atoms with Gasteiger partial charge in [0.15, 0.2) is 23.0 Å². The predicted molar refractivity (Wildman–Crippen MR) is 111 cm³/mol. The summed E-state index contributed by atoms with van der Waals surface area (Å²) in [5, 5.41) is 3.16. The van der Waals surface area contributed by atoms with Crippen LogP contribution in [0.15, 0.2) is 30.3 Å². The summed E-state index contributed by atoms with van der Waals surface area (Å²) in [6, 6.07) is 8.40. The Morgan fingerprint density at radius 1 is 0.964 bits per heavy atom. The topological polar surface area (TPSA) is 66.0 Å². The molecular formula is C21H26ClNO5. The van der Waals surface area contributed by atoms with Gasteiger partial charge in [-0.05, 0) is 44.5 Å². The number of amides is 1. The van der Waals surface area contributed by atoms with Crippen LogP contribution in [0.3, 0.4) is 0 Å². The van der Waals surface area contributed by atoms with E-state index >= 15 is 0 Å². The van der Waals surface area contributed by atoms with Crippen LogP contribution in [0.2, 0.25) is 5.02 Å². The first kappa shape index (κ1) is 21.7. The Morgan fingerprint density at radius 2 is 1.68 bits per heavy atom. The maximum Gasteiger partial charge on any atom is 0.255 e. The van der Waals surface area contributed by atoms with E-state index < -0.39 is 0 Å². The van der Waals surface area contributed by atoms with E-state index in [2.05, 4.69) is 5.32 Å². The molecule has 0 aliphatic heterocycles. The molecule has 0 saturated carbocycles. The standard InChI is InChI=1S/C21H26ClNO5/c1-5-10-28-20-16(22)11-14(12-19(20)25-4)21(24)23-15-8-9-17(26-6-2)18(13-15)27-7-3/h8-9,11-13H,5-7,10H2,1-4H3,(H,23,24). The number of rotatable bonds is 10. The maximum atomic E-state index is 12.7. The number of methoxy groups -OCH3 is 1. The molecule has 152 valence electrons. The van der Waals surface area contributed by atoms with Crippen molar-refractivity contribution in [3.8, 4) is 23.0 Å². The average molecular weight is 408 g/mol. The molecule has 2 aromatic carbocycles. The number of anilines is 1. The number of benzene rings is 2. The highest BCUT2D eigenvalue weighted by Gasteiger charge is 2.17. The molecule has 0 aliphatic carbocycles. The van der Waals surface area contributed by atoms with Gasteiger partial charge in [-0.2, -0.15) is 0 Å². The first-order valence-corrected chi connectivity index (χ1v) is 9.63. The number of ether oxygens (including phenoxy) is 4. The van der Waals surface area contributed by atoms with Crippen LogP contribution >= 0.6 is 11.6 Å². The molecule has 0 aliphatic rings. The van der Waals surface area contributed by atoms with E-state index in [1.807, 2.05) is 20.8 Å².